The molecule has 0 bridgehead atoms. The molecule has 1 fully saturated rings. The highest BCUT2D eigenvalue weighted by Gasteiger charge is 2.25. The summed E-state index contributed by atoms with van der Waals surface area (Å²) in [7, 11) is -1.93. The van der Waals surface area contributed by atoms with Crippen LogP contribution in [0.1, 0.15) is 32.3 Å². The van der Waals surface area contributed by atoms with Crippen LogP contribution in [-0.4, -0.2) is 64.8 Å². The van der Waals surface area contributed by atoms with Crippen LogP contribution >= 0.6 is 0 Å². The fourth-order valence-electron chi connectivity index (χ4n) is 3.51. The molecule has 1 N–H and O–H groups in total. The van der Waals surface area contributed by atoms with E-state index in [1.807, 2.05) is 24.9 Å². The van der Waals surface area contributed by atoms with Gasteiger partial charge in [0.25, 0.3) is 0 Å². The summed E-state index contributed by atoms with van der Waals surface area (Å²) in [6, 6.07) is 6.44. The highest BCUT2D eigenvalue weighted by Crippen LogP contribution is 2.19. The summed E-state index contributed by atoms with van der Waals surface area (Å²) in [4.78, 5) is 14.7. The Hall–Kier alpha value is -2.46. The third-order valence-electron chi connectivity index (χ3n) is 5.49. The average Bonchev–Trinajstić information content (AvgIpc) is 3.24. The minimum atomic E-state index is -3.50. The molecule has 164 valence electrons. The van der Waals surface area contributed by atoms with Crippen molar-refractivity contribution in [2.24, 2.45) is 5.92 Å². The van der Waals surface area contributed by atoms with E-state index in [0.29, 0.717) is 19.0 Å². The number of aromatic nitrogens is 3. The Bertz CT molecular complexity index is 928. The summed E-state index contributed by atoms with van der Waals surface area (Å²) in [5.41, 5.74) is 0.852. The number of benzene rings is 1. The van der Waals surface area contributed by atoms with Gasteiger partial charge in [0.2, 0.25) is 10.0 Å². The Kier molecular flexibility index (Phi) is 7.09. The van der Waals surface area contributed by atoms with Crippen LogP contribution in [0.25, 0.3) is 0 Å². The lowest BCUT2D eigenvalue weighted by Gasteiger charge is -2.32. The third kappa shape index (κ3) is 5.37. The first-order valence-electron chi connectivity index (χ1n) is 10.2. The van der Waals surface area contributed by atoms with Gasteiger partial charge in [0.05, 0.1) is 11.1 Å². The first-order valence-corrected chi connectivity index (χ1v) is 11.6. The van der Waals surface area contributed by atoms with Crippen LogP contribution in [0.3, 0.4) is 0 Å². The van der Waals surface area contributed by atoms with Crippen molar-refractivity contribution in [3.63, 3.8) is 0 Å². The summed E-state index contributed by atoms with van der Waals surface area (Å²) in [5, 5.41) is 10.8. The number of nitrogens with zero attached hydrogens (tertiary/aromatic N) is 5. The quantitative estimate of drug-likeness (QED) is 0.718. The Balaban J connectivity index is 1.53. The zero-order valence-electron chi connectivity index (χ0n) is 17.7. The molecule has 2 aromatic rings. The summed E-state index contributed by atoms with van der Waals surface area (Å²) in [6.07, 6.45) is 5.51. The fraction of sp³-hybridized carbons (Fsp3) is 0.550. The van der Waals surface area contributed by atoms with Crippen molar-refractivity contribution >= 4 is 16.1 Å². The molecule has 1 unspecified atom stereocenters. The lowest BCUT2D eigenvalue weighted by molar-refractivity contribution is 0.157. The SMILES string of the molecule is CC(C)N(C)S(=O)(=O)c1ccc(CNC(=O)N2CCCC(Cn3ccnn3)C2)cc1. The van der Waals surface area contributed by atoms with Crippen LogP contribution in [-0.2, 0) is 23.1 Å². The van der Waals surface area contributed by atoms with Gasteiger partial charge < -0.3 is 10.2 Å². The van der Waals surface area contributed by atoms with Crippen LogP contribution < -0.4 is 5.32 Å². The van der Waals surface area contributed by atoms with Gasteiger partial charge in [0.1, 0.15) is 0 Å². The predicted octanol–water partition coefficient (Wildman–Crippen LogP) is 1.93. The normalized spacial score (nSPS) is 17.5. The number of hydrogen-bond acceptors (Lipinski definition) is 5. The van der Waals surface area contributed by atoms with Gasteiger partial charge in [-0.3, -0.25) is 4.68 Å². The van der Waals surface area contributed by atoms with Gasteiger partial charge in [-0.05, 0) is 50.3 Å². The Labute approximate surface area is 178 Å². The second-order valence-electron chi connectivity index (χ2n) is 8.00. The Morgan fingerprint density at radius 2 is 2.03 bits per heavy atom. The lowest BCUT2D eigenvalue weighted by atomic mass is 9.98. The van der Waals surface area contributed by atoms with E-state index in [4.69, 9.17) is 0 Å². The molecule has 1 aromatic heterocycles. The smallest absolute Gasteiger partial charge is 0.317 e. The molecule has 1 aliphatic heterocycles. The zero-order chi connectivity index (χ0) is 21.7. The topological polar surface area (TPSA) is 100 Å². The molecule has 0 radical (unpaired) electrons. The zero-order valence-corrected chi connectivity index (χ0v) is 18.5. The number of amides is 2. The van der Waals surface area contributed by atoms with Crippen molar-refractivity contribution in [3.8, 4) is 0 Å². The van der Waals surface area contributed by atoms with E-state index in [1.54, 1.807) is 42.2 Å². The van der Waals surface area contributed by atoms with Gasteiger partial charge in [-0.15, -0.1) is 5.10 Å². The number of carbonyl (C=O) groups excluding carboxylic acids is 1. The maximum absolute atomic E-state index is 12.6. The van der Waals surface area contributed by atoms with Gasteiger partial charge in [-0.2, -0.15) is 4.31 Å². The average molecular weight is 435 g/mol. The minimum Gasteiger partial charge on any atom is -0.334 e. The first kappa shape index (κ1) is 22.2. The monoisotopic (exact) mass is 434 g/mol. The molecular formula is C20H30N6O3S. The molecule has 9 nitrogen and oxygen atoms in total. The lowest BCUT2D eigenvalue weighted by Crippen LogP contribution is -2.46. The number of hydrogen-bond donors (Lipinski definition) is 1. The largest absolute Gasteiger partial charge is 0.334 e. The van der Waals surface area contributed by atoms with Crippen molar-refractivity contribution < 1.29 is 13.2 Å². The van der Waals surface area contributed by atoms with Crippen LogP contribution in [0.2, 0.25) is 0 Å². The molecular weight excluding hydrogens is 404 g/mol. The molecule has 1 atom stereocenters. The van der Waals surface area contributed by atoms with E-state index in [-0.39, 0.29) is 17.0 Å². The van der Waals surface area contributed by atoms with Crippen molar-refractivity contribution in [1.82, 2.24) is 29.5 Å². The molecule has 0 aliphatic carbocycles. The summed E-state index contributed by atoms with van der Waals surface area (Å²) >= 11 is 0. The van der Waals surface area contributed by atoms with Crippen molar-refractivity contribution in [2.45, 2.75) is 50.7 Å². The maximum Gasteiger partial charge on any atom is 0.317 e. The van der Waals surface area contributed by atoms with Crippen LogP contribution in [0.4, 0.5) is 4.79 Å². The van der Waals surface area contributed by atoms with Gasteiger partial charge in [-0.25, -0.2) is 13.2 Å². The van der Waals surface area contributed by atoms with E-state index < -0.39 is 10.0 Å². The minimum absolute atomic E-state index is 0.102. The molecule has 1 aromatic carbocycles. The number of carbonyl (C=O) groups is 1. The van der Waals surface area contributed by atoms with E-state index in [1.165, 1.54) is 4.31 Å². The van der Waals surface area contributed by atoms with Crippen LogP contribution in [0.15, 0.2) is 41.6 Å². The summed E-state index contributed by atoms with van der Waals surface area (Å²) in [5.74, 6) is 0.355. The second kappa shape index (κ2) is 9.57. The second-order valence-corrected chi connectivity index (χ2v) is 9.99. The molecule has 30 heavy (non-hydrogen) atoms. The third-order valence-corrected chi connectivity index (χ3v) is 7.54. The number of piperidine rings is 1. The molecule has 3 rings (SSSR count). The summed E-state index contributed by atoms with van der Waals surface area (Å²) in [6.45, 7) is 6.19. The molecule has 0 spiro atoms. The van der Waals surface area contributed by atoms with Crippen molar-refractivity contribution in [2.75, 3.05) is 20.1 Å². The Morgan fingerprint density at radius 3 is 2.67 bits per heavy atom. The van der Waals surface area contributed by atoms with E-state index in [2.05, 4.69) is 15.6 Å². The highest BCUT2D eigenvalue weighted by atomic mass is 32.2. The van der Waals surface area contributed by atoms with Crippen LogP contribution in [0, 0.1) is 5.92 Å². The predicted molar refractivity (Wildman–Crippen MR) is 113 cm³/mol. The van der Waals surface area contributed by atoms with Gasteiger partial charge in [0.15, 0.2) is 0 Å². The first-order chi connectivity index (χ1) is 14.3. The highest BCUT2D eigenvalue weighted by molar-refractivity contribution is 7.89. The molecule has 2 amide bonds. The number of nitrogens with one attached hydrogen (secondary N) is 1. The van der Waals surface area contributed by atoms with E-state index in [9.17, 15) is 13.2 Å². The maximum atomic E-state index is 12.6. The van der Waals surface area contributed by atoms with E-state index >= 15 is 0 Å². The standard InChI is InChI=1S/C20H30N6O3S/c1-16(2)24(3)30(28,29)19-8-6-17(7-9-19)13-21-20(27)25-11-4-5-18(14-25)15-26-12-10-22-23-26/h6-10,12,16,18H,4-5,11,13-15H2,1-3H3,(H,21,27). The van der Waals surface area contributed by atoms with Gasteiger partial charge in [-0.1, -0.05) is 17.3 Å². The van der Waals surface area contributed by atoms with Crippen molar-refractivity contribution in [3.05, 3.63) is 42.2 Å². The van der Waals surface area contributed by atoms with Gasteiger partial charge in [0, 0.05) is 45.5 Å². The molecule has 2 heterocycles. The molecule has 1 aliphatic rings. The number of likely N-dealkylation sites (tertiary alicyclic amines) is 1. The summed E-state index contributed by atoms with van der Waals surface area (Å²) < 4.78 is 28.2. The number of rotatable bonds is 7. The molecule has 10 heteroatoms. The van der Waals surface area contributed by atoms with Crippen LogP contribution in [0.5, 0.6) is 0 Å². The van der Waals surface area contributed by atoms with Gasteiger partial charge >= 0.3 is 6.03 Å². The van der Waals surface area contributed by atoms with Crippen molar-refractivity contribution in [1.29, 1.82) is 0 Å². The Morgan fingerprint density at radius 1 is 1.30 bits per heavy atom. The number of urea groups is 1. The fourth-order valence-corrected chi connectivity index (χ4v) is 4.87. The molecule has 0 saturated carbocycles. The van der Waals surface area contributed by atoms with E-state index in [0.717, 1.165) is 31.5 Å². The number of sulfonamides is 1. The molecule has 1 saturated heterocycles.